The van der Waals surface area contributed by atoms with Crippen molar-refractivity contribution < 1.29 is 24.0 Å². The monoisotopic (exact) mass is 265 g/mol. The van der Waals surface area contributed by atoms with Crippen molar-refractivity contribution in [3.05, 3.63) is 39.9 Å². The standard InChI is InChI=1S/C12H11NO6/c1-2-18-12(15)11-10(19-11)9(14)7-3-5-8(6-4-7)13(16)17/h3-6,10-11H,2H2,1H3/t10-,11+/m0/s1. The normalized spacial score (nSPS) is 20.7. The summed E-state index contributed by atoms with van der Waals surface area (Å²) >= 11 is 0. The van der Waals surface area contributed by atoms with E-state index in [1.165, 1.54) is 24.3 Å². The second kappa shape index (κ2) is 5.15. The second-order valence-corrected chi connectivity index (χ2v) is 3.90. The van der Waals surface area contributed by atoms with Gasteiger partial charge in [0, 0.05) is 17.7 Å². The first kappa shape index (κ1) is 13.2. The number of ether oxygens (including phenoxy) is 2. The number of hydrogen-bond acceptors (Lipinski definition) is 6. The average Bonchev–Trinajstić information content (AvgIpc) is 3.18. The van der Waals surface area contributed by atoms with Gasteiger partial charge in [0.15, 0.2) is 18.0 Å². The Labute approximate surface area is 108 Å². The van der Waals surface area contributed by atoms with Gasteiger partial charge in [0.05, 0.1) is 11.5 Å². The molecular weight excluding hydrogens is 254 g/mol. The molecule has 19 heavy (non-hydrogen) atoms. The molecule has 2 atom stereocenters. The van der Waals surface area contributed by atoms with Gasteiger partial charge in [0.25, 0.3) is 5.69 Å². The van der Waals surface area contributed by atoms with Crippen LogP contribution in [0.15, 0.2) is 24.3 Å². The van der Waals surface area contributed by atoms with Crippen LogP contribution in [-0.4, -0.2) is 35.5 Å². The maximum Gasteiger partial charge on any atom is 0.338 e. The van der Waals surface area contributed by atoms with E-state index in [-0.39, 0.29) is 23.6 Å². The molecule has 1 aliphatic rings. The molecule has 0 N–H and O–H groups in total. The third-order valence-corrected chi connectivity index (χ3v) is 2.63. The maximum absolute atomic E-state index is 11.9. The molecule has 1 fully saturated rings. The van der Waals surface area contributed by atoms with Crippen LogP contribution in [0, 0.1) is 10.1 Å². The number of nitro groups is 1. The third-order valence-electron chi connectivity index (χ3n) is 2.63. The summed E-state index contributed by atoms with van der Waals surface area (Å²) in [5.41, 5.74) is 0.164. The smallest absolute Gasteiger partial charge is 0.338 e. The zero-order valence-electron chi connectivity index (χ0n) is 10.1. The number of benzene rings is 1. The number of Topliss-reactive ketones (excluding diaryl/α,β-unsaturated/α-hetero) is 1. The van der Waals surface area contributed by atoms with Crippen LogP contribution in [0.5, 0.6) is 0 Å². The lowest BCUT2D eigenvalue weighted by atomic mass is 10.1. The molecule has 1 heterocycles. The molecule has 0 amide bonds. The summed E-state index contributed by atoms with van der Waals surface area (Å²) < 4.78 is 9.69. The highest BCUT2D eigenvalue weighted by atomic mass is 16.6. The van der Waals surface area contributed by atoms with Gasteiger partial charge in [-0.25, -0.2) is 4.79 Å². The van der Waals surface area contributed by atoms with Crippen LogP contribution in [0.4, 0.5) is 5.69 Å². The molecule has 7 nitrogen and oxygen atoms in total. The minimum atomic E-state index is -0.859. The van der Waals surface area contributed by atoms with E-state index in [4.69, 9.17) is 9.47 Å². The fourth-order valence-corrected chi connectivity index (χ4v) is 1.63. The number of rotatable bonds is 5. The van der Waals surface area contributed by atoms with E-state index in [9.17, 15) is 19.7 Å². The van der Waals surface area contributed by atoms with Crippen molar-refractivity contribution in [3.8, 4) is 0 Å². The van der Waals surface area contributed by atoms with E-state index in [0.717, 1.165) is 0 Å². The Kier molecular flexibility index (Phi) is 3.57. The number of carbonyl (C=O) groups is 2. The van der Waals surface area contributed by atoms with E-state index >= 15 is 0 Å². The van der Waals surface area contributed by atoms with Gasteiger partial charge >= 0.3 is 5.97 Å². The average molecular weight is 265 g/mol. The molecule has 2 rings (SSSR count). The molecular formula is C12H11NO6. The summed E-state index contributed by atoms with van der Waals surface area (Å²) in [7, 11) is 0. The number of epoxide rings is 1. The lowest BCUT2D eigenvalue weighted by Gasteiger charge is -1.98. The fraction of sp³-hybridized carbons (Fsp3) is 0.333. The fourth-order valence-electron chi connectivity index (χ4n) is 1.63. The molecule has 1 aromatic carbocycles. The number of nitro benzene ring substituents is 1. The molecule has 0 radical (unpaired) electrons. The number of carbonyl (C=O) groups excluding carboxylic acids is 2. The number of nitrogens with zero attached hydrogens (tertiary/aromatic N) is 1. The van der Waals surface area contributed by atoms with Crippen LogP contribution in [0.2, 0.25) is 0 Å². The highest BCUT2D eigenvalue weighted by Crippen LogP contribution is 2.27. The minimum absolute atomic E-state index is 0.102. The third kappa shape index (κ3) is 2.76. The van der Waals surface area contributed by atoms with Crippen molar-refractivity contribution in [2.24, 2.45) is 0 Å². The second-order valence-electron chi connectivity index (χ2n) is 3.90. The van der Waals surface area contributed by atoms with Crippen molar-refractivity contribution in [2.45, 2.75) is 19.1 Å². The predicted octanol–water partition coefficient (Wildman–Crippen LogP) is 1.11. The van der Waals surface area contributed by atoms with Gasteiger partial charge in [-0.05, 0) is 19.1 Å². The Morgan fingerprint density at radius 3 is 2.47 bits per heavy atom. The van der Waals surface area contributed by atoms with E-state index in [2.05, 4.69) is 0 Å². The van der Waals surface area contributed by atoms with Gasteiger partial charge in [-0.3, -0.25) is 14.9 Å². The maximum atomic E-state index is 11.9. The van der Waals surface area contributed by atoms with Gasteiger partial charge in [0.2, 0.25) is 0 Å². The van der Waals surface area contributed by atoms with Crippen LogP contribution in [0.25, 0.3) is 0 Å². The van der Waals surface area contributed by atoms with Gasteiger partial charge < -0.3 is 9.47 Å². The van der Waals surface area contributed by atoms with Crippen LogP contribution in [0.3, 0.4) is 0 Å². The van der Waals surface area contributed by atoms with E-state index in [1.54, 1.807) is 6.92 Å². The van der Waals surface area contributed by atoms with Crippen molar-refractivity contribution in [1.82, 2.24) is 0 Å². The first-order chi connectivity index (χ1) is 9.04. The molecule has 0 saturated carbocycles. The van der Waals surface area contributed by atoms with Gasteiger partial charge in [-0.2, -0.15) is 0 Å². The summed E-state index contributed by atoms with van der Waals surface area (Å²) in [6.07, 6.45) is -1.71. The highest BCUT2D eigenvalue weighted by Gasteiger charge is 2.51. The summed E-state index contributed by atoms with van der Waals surface area (Å²) in [5.74, 6) is -0.948. The zero-order valence-corrected chi connectivity index (χ0v) is 10.1. The van der Waals surface area contributed by atoms with Crippen LogP contribution >= 0.6 is 0 Å². The molecule has 0 unspecified atom stereocenters. The Morgan fingerprint density at radius 1 is 1.32 bits per heavy atom. The highest BCUT2D eigenvalue weighted by molar-refractivity contribution is 6.05. The van der Waals surface area contributed by atoms with Gasteiger partial charge in [-0.15, -0.1) is 0 Å². The SMILES string of the molecule is CCOC(=O)[C@@H]1O[C@H]1C(=O)c1ccc([N+](=O)[O-])cc1. The quantitative estimate of drug-likeness (QED) is 0.260. The Bertz CT molecular complexity index is 524. The number of non-ortho nitro benzene ring substituents is 1. The summed E-state index contributed by atoms with van der Waals surface area (Å²) in [5, 5.41) is 10.5. The first-order valence-corrected chi connectivity index (χ1v) is 5.65. The number of hydrogen-bond donors (Lipinski definition) is 0. The molecule has 7 heteroatoms. The first-order valence-electron chi connectivity index (χ1n) is 5.65. The van der Waals surface area contributed by atoms with Gasteiger partial charge in [-0.1, -0.05) is 0 Å². The minimum Gasteiger partial charge on any atom is -0.464 e. The molecule has 1 aromatic rings. The van der Waals surface area contributed by atoms with Crippen LogP contribution < -0.4 is 0 Å². The van der Waals surface area contributed by atoms with E-state index in [1.807, 2.05) is 0 Å². The van der Waals surface area contributed by atoms with Crippen molar-refractivity contribution in [3.63, 3.8) is 0 Å². The number of esters is 1. The topological polar surface area (TPSA) is 99.0 Å². The summed E-state index contributed by atoms with van der Waals surface area (Å²) in [4.78, 5) is 33.1. The van der Waals surface area contributed by atoms with Crippen molar-refractivity contribution in [1.29, 1.82) is 0 Å². The molecule has 0 aromatic heterocycles. The molecule has 100 valence electrons. The van der Waals surface area contributed by atoms with E-state index < -0.39 is 23.1 Å². The Hall–Kier alpha value is -2.28. The molecule has 0 bridgehead atoms. The molecule has 0 aliphatic carbocycles. The van der Waals surface area contributed by atoms with Crippen molar-refractivity contribution in [2.75, 3.05) is 6.61 Å². The largest absolute Gasteiger partial charge is 0.464 e. The van der Waals surface area contributed by atoms with E-state index in [0.29, 0.717) is 0 Å². The Morgan fingerprint density at radius 2 is 1.95 bits per heavy atom. The van der Waals surface area contributed by atoms with Crippen LogP contribution in [-0.2, 0) is 14.3 Å². The van der Waals surface area contributed by atoms with Crippen molar-refractivity contribution >= 4 is 17.4 Å². The molecule has 0 spiro atoms. The summed E-state index contributed by atoms with van der Waals surface area (Å²) in [6.45, 7) is 1.88. The Balaban J connectivity index is 2.02. The lowest BCUT2D eigenvalue weighted by Crippen LogP contribution is -2.18. The zero-order chi connectivity index (χ0) is 14.0. The molecule has 1 aliphatic heterocycles. The summed E-state index contributed by atoms with van der Waals surface area (Å²) in [6, 6.07) is 5.14. The van der Waals surface area contributed by atoms with Gasteiger partial charge in [0.1, 0.15) is 0 Å². The molecule has 1 saturated heterocycles. The number of ketones is 1. The predicted molar refractivity (Wildman–Crippen MR) is 62.7 cm³/mol. The lowest BCUT2D eigenvalue weighted by molar-refractivity contribution is -0.384. The van der Waals surface area contributed by atoms with Crippen LogP contribution in [0.1, 0.15) is 17.3 Å².